The van der Waals surface area contributed by atoms with Crippen molar-refractivity contribution in [3.05, 3.63) is 22.4 Å². The molecule has 0 N–H and O–H groups in total. The molecule has 1 aromatic heterocycles. The van der Waals surface area contributed by atoms with Crippen molar-refractivity contribution in [1.29, 1.82) is 0 Å². The first kappa shape index (κ1) is 7.80. The molecule has 1 heterocycles. The Bertz CT molecular complexity index is 112. The van der Waals surface area contributed by atoms with E-state index in [-0.39, 0.29) is 32.7 Å². The summed E-state index contributed by atoms with van der Waals surface area (Å²) in [6.07, 6.45) is 0. The molecule has 2 heteroatoms. The molecule has 0 aliphatic rings. The van der Waals surface area contributed by atoms with Crippen LogP contribution in [0.25, 0.3) is 0 Å². The van der Waals surface area contributed by atoms with Crippen LogP contribution in [0.1, 0.15) is 4.88 Å². The summed E-state index contributed by atoms with van der Waals surface area (Å²) in [4.78, 5) is 1.33. The van der Waals surface area contributed by atoms with Crippen molar-refractivity contribution in [2.45, 2.75) is 6.92 Å². The van der Waals surface area contributed by atoms with Crippen molar-refractivity contribution in [3.63, 3.8) is 0 Å². The number of hydrogen-bond acceptors (Lipinski definition) is 1. The van der Waals surface area contributed by atoms with Gasteiger partial charge in [0.15, 0.2) is 0 Å². The van der Waals surface area contributed by atoms with Crippen molar-refractivity contribution in [1.82, 2.24) is 0 Å². The van der Waals surface area contributed by atoms with Gasteiger partial charge in [0.1, 0.15) is 0 Å². The molecule has 0 unspecified atom stereocenters. The quantitative estimate of drug-likeness (QED) is 0.542. The minimum Gasteiger partial charge on any atom is -0.301 e. The Kier molecular flexibility index (Phi) is 4.20. The van der Waals surface area contributed by atoms with Crippen molar-refractivity contribution >= 4 is 11.3 Å². The predicted octanol–water partition coefficient (Wildman–Crippen LogP) is 1.85. The molecule has 0 aromatic carbocycles. The van der Waals surface area contributed by atoms with Crippen LogP contribution in [0.4, 0.5) is 0 Å². The number of rotatable bonds is 0. The second-order valence-corrected chi connectivity index (χ2v) is 2.25. The second-order valence-electron chi connectivity index (χ2n) is 1.16. The van der Waals surface area contributed by atoms with Gasteiger partial charge in [0.25, 0.3) is 0 Å². The summed E-state index contributed by atoms with van der Waals surface area (Å²) in [5, 5.41) is 2.97. The molecule has 1 radical (unpaired) electrons. The maximum absolute atomic E-state index is 2.97. The van der Waals surface area contributed by atoms with Crippen LogP contribution >= 0.6 is 11.3 Å². The van der Waals surface area contributed by atoms with Gasteiger partial charge in [-0.2, -0.15) is 10.9 Å². The van der Waals surface area contributed by atoms with Crippen molar-refractivity contribution in [3.8, 4) is 0 Å². The van der Waals surface area contributed by atoms with E-state index in [1.165, 1.54) is 4.88 Å². The summed E-state index contributed by atoms with van der Waals surface area (Å²) in [5.74, 6) is 0. The molecule has 0 fully saturated rings. The third kappa shape index (κ3) is 2.58. The van der Waals surface area contributed by atoms with Crippen LogP contribution in [0.3, 0.4) is 0 Å². The van der Waals surface area contributed by atoms with E-state index >= 15 is 0 Å². The maximum atomic E-state index is 2.97. The van der Waals surface area contributed by atoms with Gasteiger partial charge in [-0.05, 0) is 0 Å². The molecule has 0 saturated heterocycles. The molecular formula is C5H5SY-. The summed E-state index contributed by atoms with van der Waals surface area (Å²) < 4.78 is 0. The zero-order valence-electron chi connectivity index (χ0n) is 4.14. The van der Waals surface area contributed by atoms with E-state index < -0.39 is 0 Å². The van der Waals surface area contributed by atoms with Gasteiger partial charge in [-0.15, -0.1) is 5.38 Å². The van der Waals surface area contributed by atoms with Gasteiger partial charge in [-0.3, -0.25) is 0 Å². The summed E-state index contributed by atoms with van der Waals surface area (Å²) in [5.41, 5.74) is 0. The Morgan fingerprint density at radius 2 is 2.43 bits per heavy atom. The van der Waals surface area contributed by atoms with Crippen molar-refractivity contribution in [2.75, 3.05) is 0 Å². The molecule has 1 aromatic rings. The SMILES string of the molecule is Cc1cc[c-]s1.[Y]. The first-order chi connectivity index (χ1) is 2.89. The van der Waals surface area contributed by atoms with E-state index in [1.807, 2.05) is 12.1 Å². The average Bonchev–Trinajstić information content (AvgIpc) is 1.86. The minimum absolute atomic E-state index is 0. The molecule has 0 spiro atoms. The fourth-order valence-corrected chi connectivity index (χ4v) is 0.770. The third-order valence-corrected chi connectivity index (χ3v) is 1.32. The first-order valence-electron chi connectivity index (χ1n) is 1.82. The zero-order chi connectivity index (χ0) is 4.41. The Morgan fingerprint density at radius 1 is 1.71 bits per heavy atom. The van der Waals surface area contributed by atoms with Gasteiger partial charge in [0, 0.05) is 32.7 Å². The fraction of sp³-hybridized carbons (Fsp3) is 0.200. The largest absolute Gasteiger partial charge is 0.301 e. The molecule has 0 amide bonds. The monoisotopic (exact) mass is 186 g/mol. The molecule has 0 aliphatic heterocycles. The number of hydrogen-bond donors (Lipinski definition) is 0. The molecule has 0 bridgehead atoms. The van der Waals surface area contributed by atoms with Crippen LogP contribution in [0.2, 0.25) is 0 Å². The van der Waals surface area contributed by atoms with E-state index in [2.05, 4.69) is 12.3 Å². The standard InChI is InChI=1S/C5H5S.Y/c1-5-3-2-4-6-5;/h2-3H,1H3;/q-1;. The van der Waals surface area contributed by atoms with E-state index in [0.29, 0.717) is 0 Å². The van der Waals surface area contributed by atoms with E-state index in [9.17, 15) is 0 Å². The summed E-state index contributed by atoms with van der Waals surface area (Å²) in [6, 6.07) is 3.98. The van der Waals surface area contributed by atoms with Gasteiger partial charge in [-0.25, -0.2) is 6.07 Å². The minimum atomic E-state index is 0. The molecule has 0 atom stereocenters. The van der Waals surface area contributed by atoms with Crippen LogP contribution in [0.5, 0.6) is 0 Å². The van der Waals surface area contributed by atoms with Crippen LogP contribution in [0, 0.1) is 12.3 Å². The first-order valence-corrected chi connectivity index (χ1v) is 2.64. The Labute approximate surface area is 72.8 Å². The van der Waals surface area contributed by atoms with E-state index in [0.717, 1.165) is 0 Å². The van der Waals surface area contributed by atoms with E-state index in [4.69, 9.17) is 0 Å². The van der Waals surface area contributed by atoms with Gasteiger partial charge in [0.2, 0.25) is 0 Å². The second kappa shape index (κ2) is 3.76. The molecule has 7 heavy (non-hydrogen) atoms. The molecule has 0 aliphatic carbocycles. The van der Waals surface area contributed by atoms with Crippen LogP contribution in [-0.4, -0.2) is 0 Å². The van der Waals surface area contributed by atoms with Gasteiger partial charge in [-0.1, -0.05) is 6.92 Å². The van der Waals surface area contributed by atoms with Gasteiger partial charge >= 0.3 is 0 Å². The topological polar surface area (TPSA) is 0 Å². The van der Waals surface area contributed by atoms with Crippen molar-refractivity contribution < 1.29 is 32.7 Å². The maximum Gasteiger partial charge on any atom is 0 e. The fourth-order valence-electron chi connectivity index (χ4n) is 0.312. The molecule has 1 rings (SSSR count). The summed E-state index contributed by atoms with van der Waals surface area (Å²) in [7, 11) is 0. The molecule has 0 nitrogen and oxygen atoms in total. The Hall–Kier alpha value is 0.804. The number of thiophene rings is 1. The van der Waals surface area contributed by atoms with Crippen LogP contribution < -0.4 is 0 Å². The van der Waals surface area contributed by atoms with Crippen LogP contribution in [-0.2, 0) is 32.7 Å². The molecular weight excluding hydrogens is 181 g/mol. The molecule has 35 valence electrons. The van der Waals surface area contributed by atoms with Gasteiger partial charge < -0.3 is 11.3 Å². The predicted molar refractivity (Wildman–Crippen MR) is 27.9 cm³/mol. The van der Waals surface area contributed by atoms with Crippen molar-refractivity contribution in [2.24, 2.45) is 0 Å². The van der Waals surface area contributed by atoms with Crippen LogP contribution in [0.15, 0.2) is 12.1 Å². The average molecular weight is 186 g/mol. The third-order valence-electron chi connectivity index (χ3n) is 0.606. The Balaban J connectivity index is 0.000000360. The van der Waals surface area contributed by atoms with Gasteiger partial charge in [0.05, 0.1) is 0 Å². The summed E-state index contributed by atoms with van der Waals surface area (Å²) >= 11 is 1.65. The molecule has 0 saturated carbocycles. The number of aryl methyl sites for hydroxylation is 1. The zero-order valence-corrected chi connectivity index (χ0v) is 7.80. The normalized spacial score (nSPS) is 7.57. The Morgan fingerprint density at radius 3 is 2.57 bits per heavy atom. The van der Waals surface area contributed by atoms with E-state index in [1.54, 1.807) is 11.3 Å². The summed E-state index contributed by atoms with van der Waals surface area (Å²) in [6.45, 7) is 2.07. The smallest absolute Gasteiger partial charge is 0 e.